The molecule has 0 spiro atoms. The predicted octanol–water partition coefficient (Wildman–Crippen LogP) is -2.12. The molecule has 15 heteroatoms. The van der Waals surface area contributed by atoms with Crippen LogP contribution in [0.5, 0.6) is 0 Å². The van der Waals surface area contributed by atoms with Crippen molar-refractivity contribution in [3.63, 3.8) is 0 Å². The van der Waals surface area contributed by atoms with Gasteiger partial charge in [-0.25, -0.2) is 24.0 Å². The number of hydrogen-bond acceptors (Lipinski definition) is 12. The molecule has 2 heterocycles. The summed E-state index contributed by atoms with van der Waals surface area (Å²) in [4.78, 5) is 62.6. The fraction of sp³-hybridized carbons (Fsp3) is 0.647. The maximum absolute atomic E-state index is 10.8. The first kappa shape index (κ1) is 33.3. The number of Topliss-reactive ketones (excluding diaryl/α,β-unsaturated/α-hetero) is 1. The van der Waals surface area contributed by atoms with Crippen molar-refractivity contribution in [1.82, 2.24) is 0 Å². The van der Waals surface area contributed by atoms with Crippen molar-refractivity contribution in [3.8, 4) is 0 Å². The van der Waals surface area contributed by atoms with Crippen LogP contribution in [-0.4, -0.2) is 80.9 Å². The van der Waals surface area contributed by atoms with E-state index in [4.69, 9.17) is 0 Å². The van der Waals surface area contributed by atoms with Crippen LogP contribution in [0.2, 0.25) is 0 Å². The van der Waals surface area contributed by atoms with Gasteiger partial charge in [-0.15, -0.1) is 0 Å². The molecule has 0 amide bonds. The Morgan fingerprint density at radius 1 is 1.00 bits per heavy atom. The van der Waals surface area contributed by atoms with E-state index in [1.807, 2.05) is 0 Å². The van der Waals surface area contributed by atoms with Crippen molar-refractivity contribution in [1.29, 1.82) is 0 Å². The summed E-state index contributed by atoms with van der Waals surface area (Å²) >= 11 is 5.30. The van der Waals surface area contributed by atoms with E-state index in [9.17, 15) is 28.8 Å². The van der Waals surface area contributed by atoms with Crippen LogP contribution in [0.15, 0.2) is 0 Å². The molecule has 0 saturated carbocycles. The van der Waals surface area contributed by atoms with Crippen LogP contribution in [-0.2, 0) is 57.2 Å². The van der Waals surface area contributed by atoms with Crippen molar-refractivity contribution >= 4 is 72.9 Å². The Balaban J connectivity index is 0. The molecule has 0 aromatic heterocycles. The summed E-state index contributed by atoms with van der Waals surface area (Å²) in [6.45, 7) is 5.22. The van der Waals surface area contributed by atoms with E-state index in [0.717, 1.165) is 0 Å². The second kappa shape index (κ2) is 19.6. The molecule has 12 nitrogen and oxygen atoms in total. The molecule has 0 aromatic rings. The Morgan fingerprint density at radius 2 is 1.38 bits per heavy atom. The minimum absolute atomic E-state index is 0.174. The van der Waals surface area contributed by atoms with Gasteiger partial charge in [0.1, 0.15) is 6.61 Å². The molecule has 2 rings (SSSR count). The van der Waals surface area contributed by atoms with Crippen molar-refractivity contribution in [2.75, 3.05) is 26.9 Å². The van der Waals surface area contributed by atoms with Gasteiger partial charge in [-0.3, -0.25) is 4.79 Å². The van der Waals surface area contributed by atoms with Gasteiger partial charge in [0.15, 0.2) is 37.3 Å². The zero-order chi connectivity index (χ0) is 25.3. The largest absolute Gasteiger partial charge is 0.451 e. The summed E-state index contributed by atoms with van der Waals surface area (Å²) < 4.78 is 26.9. The van der Waals surface area contributed by atoms with Crippen molar-refractivity contribution in [3.05, 3.63) is 0 Å². The minimum Gasteiger partial charge on any atom is -0.451 e. The number of ether oxygens (including phenoxy) is 6. The molecule has 0 radical (unpaired) electrons. The number of rotatable bonds is 4. The molecule has 2 saturated heterocycles. The summed E-state index contributed by atoms with van der Waals surface area (Å²) in [7, 11) is 1.40. The number of cyclic esters (lactones) is 4. The summed E-state index contributed by atoms with van der Waals surface area (Å²) in [6.07, 6.45) is -2.10. The first-order valence-electron chi connectivity index (χ1n) is 8.67. The smallest absolute Gasteiger partial charge is 0.344 e. The number of carbonyl (C=O) groups excluding carboxylic acids is 6. The van der Waals surface area contributed by atoms with Crippen LogP contribution in [0.3, 0.4) is 0 Å². The van der Waals surface area contributed by atoms with Crippen LogP contribution in [0, 0.1) is 0 Å². The third kappa shape index (κ3) is 17.7. The van der Waals surface area contributed by atoms with Gasteiger partial charge >= 0.3 is 80.3 Å². The van der Waals surface area contributed by atoms with Gasteiger partial charge in [-0.05, 0) is 27.7 Å². The number of methoxy groups -OCH3 is 1. The standard InChI is InChI=1S/C7H12O4.C6H8O4.C4H4O4.I3/c1-5(8)4-11-7(9)6(2)10-3;1-3-5(7)10-4(2)6(8)9-3;5-3-1-7-4(6)2-8-3;1-3-2/h6H,4H2,1-3H3;3-4H,1-2H3;1-2H2;/q;;;-1. The van der Waals surface area contributed by atoms with E-state index in [1.54, 1.807) is 6.92 Å². The van der Waals surface area contributed by atoms with Crippen molar-refractivity contribution in [2.45, 2.75) is 46.0 Å². The molecule has 3 unspecified atom stereocenters. The second-order valence-corrected chi connectivity index (χ2v) is 22.0. The average Bonchev–Trinajstić information content (AvgIpc) is 2.73. The Kier molecular flexibility index (Phi) is 20.4. The monoisotopic (exact) mass is 801 g/mol. The van der Waals surface area contributed by atoms with Gasteiger partial charge < -0.3 is 28.4 Å². The van der Waals surface area contributed by atoms with E-state index in [1.165, 1.54) is 27.9 Å². The number of hydrogen-bond donors (Lipinski definition) is 0. The summed E-state index contributed by atoms with van der Waals surface area (Å²) in [5, 5.41) is 0. The summed E-state index contributed by atoms with van der Waals surface area (Å²) in [6, 6.07) is 0. The summed E-state index contributed by atoms with van der Waals surface area (Å²) in [5.74, 6) is -2.61. The maximum Gasteiger partial charge on any atom is 0.344 e. The van der Waals surface area contributed by atoms with Crippen LogP contribution >= 0.6 is 37.2 Å². The Hall–Kier alpha value is -0.830. The minimum atomic E-state index is -0.747. The SMILES string of the molecule is CC1OC(=O)C(C)OC1=O.COC(C)C(=O)OCC(C)=O.I[I-]I.O=C1COC(=O)CO1. The van der Waals surface area contributed by atoms with Crippen LogP contribution in [0.4, 0.5) is 0 Å². The zero-order valence-electron chi connectivity index (χ0n) is 17.9. The number of ketones is 1. The molecule has 32 heavy (non-hydrogen) atoms. The molecule has 186 valence electrons. The van der Waals surface area contributed by atoms with Crippen LogP contribution < -0.4 is 13.3 Å². The second-order valence-electron chi connectivity index (χ2n) is 5.72. The van der Waals surface area contributed by atoms with Gasteiger partial charge in [0.05, 0.1) is 0 Å². The van der Waals surface area contributed by atoms with E-state index in [0.29, 0.717) is 13.3 Å². The molecule has 0 bridgehead atoms. The third-order valence-corrected chi connectivity index (χ3v) is 3.05. The summed E-state index contributed by atoms with van der Waals surface area (Å²) in [5.41, 5.74) is 0. The number of halogens is 3. The quantitative estimate of drug-likeness (QED) is 0.173. The maximum atomic E-state index is 10.8. The van der Waals surface area contributed by atoms with Crippen LogP contribution in [0.25, 0.3) is 0 Å². The predicted molar refractivity (Wildman–Crippen MR) is 119 cm³/mol. The van der Waals surface area contributed by atoms with E-state index in [-0.39, 0.29) is 25.6 Å². The zero-order valence-corrected chi connectivity index (χ0v) is 24.4. The van der Waals surface area contributed by atoms with Gasteiger partial charge in [0, 0.05) is 7.11 Å². The molecule has 2 fully saturated rings. The van der Waals surface area contributed by atoms with Gasteiger partial charge in [-0.2, -0.15) is 0 Å². The fourth-order valence-corrected chi connectivity index (χ4v) is 1.38. The topological polar surface area (TPSA) is 158 Å². The molecule has 0 N–H and O–H groups in total. The van der Waals surface area contributed by atoms with Gasteiger partial charge in [0.25, 0.3) is 0 Å². The third-order valence-electron chi connectivity index (χ3n) is 3.05. The molecule has 0 aliphatic carbocycles. The van der Waals surface area contributed by atoms with E-state index >= 15 is 0 Å². The van der Waals surface area contributed by atoms with Crippen LogP contribution in [0.1, 0.15) is 27.7 Å². The molecule has 2 aliphatic heterocycles. The number of carbonyl (C=O) groups is 6. The molecular formula is C17H24I3O12-. The fourth-order valence-electron chi connectivity index (χ4n) is 1.38. The van der Waals surface area contributed by atoms with Gasteiger partial charge in [-0.1, -0.05) is 0 Å². The number of esters is 5. The Labute approximate surface area is 214 Å². The Bertz CT molecular complexity index is 607. The molecule has 2 aliphatic rings. The van der Waals surface area contributed by atoms with Crippen molar-refractivity contribution in [2.24, 2.45) is 0 Å². The first-order chi connectivity index (χ1) is 14.9. The van der Waals surface area contributed by atoms with E-state index in [2.05, 4.69) is 65.7 Å². The normalized spacial score (nSPS) is 20.1. The first-order valence-corrected chi connectivity index (χ1v) is 21.2. The Morgan fingerprint density at radius 3 is 1.66 bits per heavy atom. The molecular weight excluding hydrogens is 777 g/mol. The van der Waals surface area contributed by atoms with Gasteiger partial charge in [0.2, 0.25) is 0 Å². The average molecular weight is 801 g/mol. The molecule has 0 aromatic carbocycles. The van der Waals surface area contributed by atoms with E-state index < -0.39 is 48.2 Å². The molecule has 3 atom stereocenters. The van der Waals surface area contributed by atoms with Crippen molar-refractivity contribution < 1.29 is 70.4 Å².